The Hall–Kier alpha value is -0.0400. The summed E-state index contributed by atoms with van der Waals surface area (Å²) in [5.74, 6) is 2.11. The van der Waals surface area contributed by atoms with E-state index in [2.05, 4.69) is 18.7 Å². The van der Waals surface area contributed by atoms with Gasteiger partial charge >= 0.3 is 0 Å². The second-order valence-electron chi connectivity index (χ2n) is 7.08. The van der Waals surface area contributed by atoms with Gasteiger partial charge in [0, 0.05) is 6.04 Å². The number of hydrogen-bond acceptors (Lipinski definition) is 1. The van der Waals surface area contributed by atoms with Crippen molar-refractivity contribution < 1.29 is 0 Å². The molecular formula is C18H35N. The molecule has 0 aromatic carbocycles. The van der Waals surface area contributed by atoms with Crippen molar-refractivity contribution in [2.24, 2.45) is 11.8 Å². The van der Waals surface area contributed by atoms with Gasteiger partial charge in [-0.3, -0.25) is 0 Å². The number of likely N-dealkylation sites (tertiary alicyclic amines) is 1. The first-order valence-corrected chi connectivity index (χ1v) is 9.07. The molecule has 1 heterocycles. The van der Waals surface area contributed by atoms with Crippen molar-refractivity contribution in [2.45, 2.75) is 90.5 Å². The minimum absolute atomic E-state index is 0.945. The van der Waals surface area contributed by atoms with E-state index < -0.39 is 0 Å². The Bertz CT molecular complexity index is 222. The lowest BCUT2D eigenvalue weighted by Gasteiger charge is -2.41. The zero-order valence-electron chi connectivity index (χ0n) is 13.4. The van der Waals surface area contributed by atoms with Crippen LogP contribution in [0.3, 0.4) is 0 Å². The molecule has 1 saturated heterocycles. The average molecular weight is 265 g/mol. The van der Waals surface area contributed by atoms with Crippen molar-refractivity contribution in [3.05, 3.63) is 0 Å². The highest BCUT2D eigenvalue weighted by molar-refractivity contribution is 4.83. The van der Waals surface area contributed by atoms with E-state index >= 15 is 0 Å². The average Bonchev–Trinajstić information content (AvgIpc) is 2.47. The van der Waals surface area contributed by atoms with Gasteiger partial charge in [0.25, 0.3) is 0 Å². The summed E-state index contributed by atoms with van der Waals surface area (Å²) in [7, 11) is 0. The van der Waals surface area contributed by atoms with Gasteiger partial charge in [0.1, 0.15) is 0 Å². The summed E-state index contributed by atoms with van der Waals surface area (Å²) in [4.78, 5) is 2.84. The largest absolute Gasteiger partial charge is 0.300 e. The lowest BCUT2D eigenvalue weighted by molar-refractivity contribution is 0.0906. The molecule has 1 aliphatic heterocycles. The first kappa shape index (κ1) is 15.4. The number of hydrogen-bond donors (Lipinski definition) is 0. The van der Waals surface area contributed by atoms with Gasteiger partial charge in [-0.15, -0.1) is 0 Å². The first-order valence-electron chi connectivity index (χ1n) is 9.07. The Morgan fingerprint density at radius 2 is 1.37 bits per heavy atom. The van der Waals surface area contributed by atoms with Crippen LogP contribution in [0, 0.1) is 11.8 Å². The molecule has 2 aliphatic rings. The number of nitrogens with zero attached hydrogens (tertiary/aromatic N) is 1. The molecule has 0 N–H and O–H groups in total. The van der Waals surface area contributed by atoms with E-state index in [1.54, 1.807) is 0 Å². The molecule has 1 saturated carbocycles. The van der Waals surface area contributed by atoms with E-state index in [9.17, 15) is 0 Å². The molecule has 1 heteroatoms. The van der Waals surface area contributed by atoms with Crippen molar-refractivity contribution in [1.29, 1.82) is 0 Å². The molecule has 0 bridgehead atoms. The van der Waals surface area contributed by atoms with E-state index in [4.69, 9.17) is 0 Å². The third kappa shape index (κ3) is 4.77. The molecule has 0 atom stereocenters. The minimum Gasteiger partial charge on any atom is -0.300 e. The second-order valence-corrected chi connectivity index (χ2v) is 7.08. The normalized spacial score (nSPS) is 30.6. The van der Waals surface area contributed by atoms with Gasteiger partial charge < -0.3 is 4.90 Å². The monoisotopic (exact) mass is 265 g/mol. The summed E-state index contributed by atoms with van der Waals surface area (Å²) in [6, 6.07) is 0.945. The standard InChI is InChI=1S/C18H35N/c1-3-5-7-17-8-10-18(11-9-17)19-14-12-16(6-4-2)13-15-19/h16-18H,3-15H2,1-2H3/t17-,18-. The van der Waals surface area contributed by atoms with Crippen molar-refractivity contribution in [3.63, 3.8) is 0 Å². The second kappa shape index (κ2) is 8.29. The summed E-state index contributed by atoms with van der Waals surface area (Å²) in [5, 5.41) is 0. The SMILES string of the molecule is CCCC[C@H]1CC[C@H](N2CCC(CCC)CC2)CC1. The van der Waals surface area contributed by atoms with Crippen LogP contribution in [0.1, 0.15) is 84.5 Å². The minimum atomic E-state index is 0.945. The smallest absolute Gasteiger partial charge is 0.00954 e. The molecule has 0 spiro atoms. The van der Waals surface area contributed by atoms with Crippen LogP contribution in [-0.4, -0.2) is 24.0 Å². The molecular weight excluding hydrogens is 230 g/mol. The Balaban J connectivity index is 1.65. The highest BCUT2D eigenvalue weighted by atomic mass is 15.2. The fourth-order valence-electron chi connectivity index (χ4n) is 4.31. The van der Waals surface area contributed by atoms with Gasteiger partial charge in [-0.2, -0.15) is 0 Å². The van der Waals surface area contributed by atoms with Crippen molar-refractivity contribution in [1.82, 2.24) is 4.90 Å². The van der Waals surface area contributed by atoms with E-state index in [1.807, 2.05) is 0 Å². The molecule has 2 fully saturated rings. The Morgan fingerprint density at radius 1 is 0.737 bits per heavy atom. The summed E-state index contributed by atoms with van der Waals surface area (Å²) in [5.41, 5.74) is 0. The summed E-state index contributed by atoms with van der Waals surface area (Å²) in [6.07, 6.45) is 16.2. The predicted octanol–water partition coefficient (Wildman–Crippen LogP) is 5.25. The molecule has 0 aromatic heterocycles. The third-order valence-corrected chi connectivity index (χ3v) is 5.64. The lowest BCUT2D eigenvalue weighted by atomic mass is 9.81. The summed E-state index contributed by atoms with van der Waals surface area (Å²) in [6.45, 7) is 7.46. The predicted molar refractivity (Wildman–Crippen MR) is 84.5 cm³/mol. The Labute approximate surface area is 121 Å². The van der Waals surface area contributed by atoms with E-state index in [-0.39, 0.29) is 0 Å². The summed E-state index contributed by atoms with van der Waals surface area (Å²) < 4.78 is 0. The number of unbranched alkanes of at least 4 members (excludes halogenated alkanes) is 1. The Morgan fingerprint density at radius 3 is 1.95 bits per heavy atom. The fourth-order valence-corrected chi connectivity index (χ4v) is 4.31. The molecule has 19 heavy (non-hydrogen) atoms. The van der Waals surface area contributed by atoms with Crippen LogP contribution in [-0.2, 0) is 0 Å². The van der Waals surface area contributed by atoms with Crippen LogP contribution in [0.2, 0.25) is 0 Å². The van der Waals surface area contributed by atoms with Crippen LogP contribution in [0.4, 0.5) is 0 Å². The Kier molecular flexibility index (Phi) is 6.70. The van der Waals surface area contributed by atoms with Gasteiger partial charge in [0.05, 0.1) is 0 Å². The molecule has 0 amide bonds. The fraction of sp³-hybridized carbons (Fsp3) is 1.00. The number of piperidine rings is 1. The third-order valence-electron chi connectivity index (χ3n) is 5.64. The zero-order valence-corrected chi connectivity index (χ0v) is 13.4. The quantitative estimate of drug-likeness (QED) is 0.634. The lowest BCUT2D eigenvalue weighted by Crippen LogP contribution is -2.43. The number of rotatable bonds is 6. The molecule has 2 rings (SSSR count). The van der Waals surface area contributed by atoms with Crippen molar-refractivity contribution >= 4 is 0 Å². The van der Waals surface area contributed by atoms with E-state index in [0.29, 0.717) is 0 Å². The maximum atomic E-state index is 2.84. The van der Waals surface area contributed by atoms with Crippen LogP contribution >= 0.6 is 0 Å². The molecule has 112 valence electrons. The van der Waals surface area contributed by atoms with Gasteiger partial charge in [0.15, 0.2) is 0 Å². The highest BCUT2D eigenvalue weighted by Gasteiger charge is 2.28. The maximum absolute atomic E-state index is 2.84. The van der Waals surface area contributed by atoms with Crippen molar-refractivity contribution in [2.75, 3.05) is 13.1 Å². The van der Waals surface area contributed by atoms with Crippen LogP contribution < -0.4 is 0 Å². The summed E-state index contributed by atoms with van der Waals surface area (Å²) >= 11 is 0. The highest BCUT2D eigenvalue weighted by Crippen LogP contribution is 2.33. The molecule has 0 unspecified atom stereocenters. The van der Waals surface area contributed by atoms with Crippen LogP contribution in [0.5, 0.6) is 0 Å². The topological polar surface area (TPSA) is 3.24 Å². The zero-order chi connectivity index (χ0) is 13.5. The van der Waals surface area contributed by atoms with Crippen molar-refractivity contribution in [3.8, 4) is 0 Å². The van der Waals surface area contributed by atoms with Gasteiger partial charge in [-0.1, -0.05) is 46.0 Å². The van der Waals surface area contributed by atoms with E-state index in [0.717, 1.165) is 17.9 Å². The van der Waals surface area contributed by atoms with Gasteiger partial charge in [0.2, 0.25) is 0 Å². The molecule has 0 aromatic rings. The van der Waals surface area contributed by atoms with E-state index in [1.165, 1.54) is 83.7 Å². The van der Waals surface area contributed by atoms with Gasteiger partial charge in [-0.25, -0.2) is 0 Å². The maximum Gasteiger partial charge on any atom is 0.00954 e. The first-order chi connectivity index (χ1) is 9.33. The molecule has 1 nitrogen and oxygen atoms in total. The van der Waals surface area contributed by atoms with Gasteiger partial charge in [-0.05, 0) is 63.5 Å². The molecule has 0 radical (unpaired) electrons. The van der Waals surface area contributed by atoms with Crippen LogP contribution in [0.25, 0.3) is 0 Å². The molecule has 1 aliphatic carbocycles. The van der Waals surface area contributed by atoms with Crippen LogP contribution in [0.15, 0.2) is 0 Å².